The lowest BCUT2D eigenvalue weighted by atomic mass is 9.93. The third-order valence-electron chi connectivity index (χ3n) is 5.92. The number of fused-ring (bicyclic) bond motifs is 1. The van der Waals surface area contributed by atoms with E-state index in [2.05, 4.69) is 15.6 Å². The molecule has 3 aromatic rings. The number of allylic oxidation sites excluding steroid dienone is 1. The molecule has 4 rings (SSSR count). The maximum absolute atomic E-state index is 13.2. The molecule has 0 aliphatic carbocycles. The van der Waals surface area contributed by atoms with Crippen molar-refractivity contribution in [1.29, 1.82) is 0 Å². The fraction of sp³-hybridized carbons (Fsp3) is 0.346. The van der Waals surface area contributed by atoms with E-state index >= 15 is 0 Å². The van der Waals surface area contributed by atoms with Crippen molar-refractivity contribution < 1.29 is 28.7 Å². The van der Waals surface area contributed by atoms with E-state index < -0.39 is 23.0 Å². The summed E-state index contributed by atoms with van der Waals surface area (Å²) in [5, 5.41) is 25.9. The molecule has 1 aromatic carbocycles. The second kappa shape index (κ2) is 12.8. The number of para-hydroxylation sites is 1. The number of nitrogens with zero attached hydrogens (tertiary/aromatic N) is 2. The number of hydrogen-bond acceptors (Lipinski definition) is 10. The summed E-state index contributed by atoms with van der Waals surface area (Å²) in [5.41, 5.74) is 0.566. The van der Waals surface area contributed by atoms with Crippen molar-refractivity contribution in [2.24, 2.45) is 0 Å². The smallest absolute Gasteiger partial charge is 0.287 e. The Kier molecular flexibility index (Phi) is 9.01. The lowest BCUT2D eigenvalue weighted by molar-refractivity contribution is -0.385. The number of rotatable bonds is 12. The van der Waals surface area contributed by atoms with E-state index in [1.807, 2.05) is 0 Å². The van der Waals surface area contributed by atoms with Crippen molar-refractivity contribution in [3.05, 3.63) is 86.6 Å². The van der Waals surface area contributed by atoms with Gasteiger partial charge in [-0.2, -0.15) is 0 Å². The zero-order valence-electron chi connectivity index (χ0n) is 20.5. The first-order chi connectivity index (χ1) is 18.5. The van der Waals surface area contributed by atoms with Gasteiger partial charge in [0.2, 0.25) is 6.29 Å². The molecule has 3 heterocycles. The molecule has 0 saturated carbocycles. The Morgan fingerprint density at radius 1 is 1.21 bits per heavy atom. The van der Waals surface area contributed by atoms with Crippen LogP contribution in [0.25, 0.3) is 11.0 Å². The van der Waals surface area contributed by atoms with Crippen molar-refractivity contribution in [2.45, 2.75) is 31.5 Å². The number of nitro groups is 1. The third kappa shape index (κ3) is 6.72. The molecule has 0 unspecified atom stereocenters. The number of unbranched alkanes of at least 4 members (excludes halogenated alkanes) is 1. The van der Waals surface area contributed by atoms with Crippen LogP contribution in [0.2, 0.25) is 0 Å². The number of hydrogen-bond donors (Lipinski definition) is 3. The van der Waals surface area contributed by atoms with Crippen LogP contribution in [-0.2, 0) is 14.3 Å². The highest BCUT2D eigenvalue weighted by Gasteiger charge is 2.30. The van der Waals surface area contributed by atoms with Crippen molar-refractivity contribution in [1.82, 2.24) is 10.3 Å². The van der Waals surface area contributed by atoms with Crippen molar-refractivity contribution in [3.8, 4) is 0 Å². The SMILES string of the molecule is O=C(NCCNc1ccc([N+](=O)[O-])cn1)C1=C[C@@H](c2coc3ccccc3c2=O)C[C@@H](OCCCCO)O1. The Bertz CT molecular complexity index is 1360. The first-order valence-electron chi connectivity index (χ1n) is 12.2. The maximum Gasteiger partial charge on any atom is 0.287 e. The van der Waals surface area contributed by atoms with Gasteiger partial charge in [-0.3, -0.25) is 19.7 Å². The summed E-state index contributed by atoms with van der Waals surface area (Å²) in [4.78, 5) is 40.2. The second-order valence-corrected chi connectivity index (χ2v) is 8.58. The molecule has 200 valence electrons. The molecule has 12 nitrogen and oxygen atoms in total. The highest BCUT2D eigenvalue weighted by atomic mass is 16.7. The van der Waals surface area contributed by atoms with Gasteiger partial charge in [0.1, 0.15) is 17.6 Å². The van der Waals surface area contributed by atoms with Gasteiger partial charge < -0.3 is 29.6 Å². The van der Waals surface area contributed by atoms with Crippen LogP contribution in [0.5, 0.6) is 0 Å². The minimum Gasteiger partial charge on any atom is -0.464 e. The normalized spacial score (nSPS) is 16.9. The average Bonchev–Trinajstić information content (AvgIpc) is 2.94. The zero-order valence-corrected chi connectivity index (χ0v) is 20.5. The topological polar surface area (TPSA) is 166 Å². The Morgan fingerprint density at radius 3 is 2.82 bits per heavy atom. The van der Waals surface area contributed by atoms with E-state index in [1.165, 1.54) is 18.4 Å². The number of benzene rings is 1. The largest absolute Gasteiger partial charge is 0.464 e. The minimum absolute atomic E-state index is 0.0226. The van der Waals surface area contributed by atoms with Crippen LogP contribution in [0.4, 0.5) is 11.5 Å². The molecule has 0 bridgehead atoms. The molecule has 0 saturated heterocycles. The standard InChI is InChI=1S/C26H28N4O8/c31-11-3-4-12-36-24-14-17(20-16-37-21-6-2-1-5-19(21)25(20)32)13-22(38-24)26(33)28-10-9-27-23-8-7-18(15-29-23)30(34)35/h1-2,5-8,13,15-17,24,31H,3-4,9-12,14H2,(H,27,29)(H,28,33)/t17-,24+/m1/s1. The van der Waals surface area contributed by atoms with Gasteiger partial charge in [0.15, 0.2) is 11.2 Å². The predicted octanol–water partition coefficient (Wildman–Crippen LogP) is 2.83. The summed E-state index contributed by atoms with van der Waals surface area (Å²) >= 11 is 0. The Morgan fingerprint density at radius 2 is 2.05 bits per heavy atom. The van der Waals surface area contributed by atoms with Crippen LogP contribution >= 0.6 is 0 Å². The van der Waals surface area contributed by atoms with Crippen LogP contribution in [-0.4, -0.2) is 53.5 Å². The lowest BCUT2D eigenvalue weighted by Crippen LogP contribution is -2.35. The molecule has 2 atom stereocenters. The molecule has 12 heteroatoms. The van der Waals surface area contributed by atoms with Crippen LogP contribution in [0, 0.1) is 10.1 Å². The zero-order chi connectivity index (χ0) is 26.9. The van der Waals surface area contributed by atoms with E-state index in [1.54, 1.807) is 30.3 Å². The number of anilines is 1. The number of carbonyl (C=O) groups is 1. The number of carbonyl (C=O) groups excluding carboxylic acids is 1. The first-order valence-corrected chi connectivity index (χ1v) is 12.2. The molecule has 1 amide bonds. The molecular formula is C26H28N4O8. The molecule has 0 radical (unpaired) electrons. The summed E-state index contributed by atoms with van der Waals surface area (Å²) in [6, 6.07) is 9.76. The Balaban J connectivity index is 1.43. The molecule has 0 fully saturated rings. The van der Waals surface area contributed by atoms with Gasteiger partial charge in [-0.05, 0) is 37.1 Å². The average molecular weight is 525 g/mol. The third-order valence-corrected chi connectivity index (χ3v) is 5.92. The summed E-state index contributed by atoms with van der Waals surface area (Å²) in [5.74, 6) is -0.509. The number of ether oxygens (including phenoxy) is 2. The fourth-order valence-electron chi connectivity index (χ4n) is 3.96. The van der Waals surface area contributed by atoms with E-state index in [9.17, 15) is 19.7 Å². The van der Waals surface area contributed by atoms with E-state index in [0.717, 1.165) is 6.20 Å². The van der Waals surface area contributed by atoms with Crippen LogP contribution < -0.4 is 16.1 Å². The number of nitrogens with one attached hydrogen (secondary N) is 2. The molecule has 1 aliphatic heterocycles. The maximum atomic E-state index is 13.2. The van der Waals surface area contributed by atoms with Gasteiger partial charge in [0.05, 0.1) is 23.2 Å². The molecule has 1 aliphatic rings. The highest BCUT2D eigenvalue weighted by molar-refractivity contribution is 5.91. The van der Waals surface area contributed by atoms with Crippen LogP contribution in [0.3, 0.4) is 0 Å². The lowest BCUT2D eigenvalue weighted by Gasteiger charge is -2.29. The second-order valence-electron chi connectivity index (χ2n) is 8.58. The van der Waals surface area contributed by atoms with Crippen LogP contribution in [0.1, 0.15) is 30.7 Å². The Hall–Kier alpha value is -4.29. The summed E-state index contributed by atoms with van der Waals surface area (Å²) in [6.45, 7) is 0.892. The number of aliphatic hydroxyl groups is 1. The van der Waals surface area contributed by atoms with Crippen molar-refractivity contribution >= 4 is 28.4 Å². The first kappa shape index (κ1) is 26.8. The van der Waals surface area contributed by atoms with Gasteiger partial charge in [0.25, 0.3) is 11.6 Å². The van der Waals surface area contributed by atoms with Crippen molar-refractivity contribution in [3.63, 3.8) is 0 Å². The number of amides is 1. The highest BCUT2D eigenvalue weighted by Crippen LogP contribution is 2.31. The number of aromatic nitrogens is 1. The summed E-state index contributed by atoms with van der Waals surface area (Å²) in [7, 11) is 0. The monoisotopic (exact) mass is 524 g/mol. The van der Waals surface area contributed by atoms with Gasteiger partial charge >= 0.3 is 0 Å². The minimum atomic E-state index is -0.766. The van der Waals surface area contributed by atoms with E-state index in [-0.39, 0.29) is 30.0 Å². The van der Waals surface area contributed by atoms with Gasteiger partial charge in [-0.1, -0.05) is 12.1 Å². The van der Waals surface area contributed by atoms with Crippen molar-refractivity contribution in [2.75, 3.05) is 31.6 Å². The molecule has 3 N–H and O–H groups in total. The Labute approximate surface area is 217 Å². The van der Waals surface area contributed by atoms with E-state index in [0.29, 0.717) is 54.8 Å². The molecule has 2 aromatic heterocycles. The predicted molar refractivity (Wildman–Crippen MR) is 137 cm³/mol. The van der Waals surface area contributed by atoms with Gasteiger partial charge in [0, 0.05) is 43.7 Å². The molecular weight excluding hydrogens is 496 g/mol. The van der Waals surface area contributed by atoms with Crippen LogP contribution in [0.15, 0.2) is 69.9 Å². The van der Waals surface area contributed by atoms with Gasteiger partial charge in [-0.15, -0.1) is 0 Å². The van der Waals surface area contributed by atoms with Gasteiger partial charge in [-0.25, -0.2) is 4.98 Å². The molecule has 38 heavy (non-hydrogen) atoms. The quantitative estimate of drug-likeness (QED) is 0.182. The summed E-state index contributed by atoms with van der Waals surface area (Å²) in [6.07, 6.45) is 4.89. The summed E-state index contributed by atoms with van der Waals surface area (Å²) < 4.78 is 17.3. The van der Waals surface area contributed by atoms with E-state index in [4.69, 9.17) is 19.0 Å². The fourth-order valence-corrected chi connectivity index (χ4v) is 3.96. The number of aliphatic hydroxyl groups excluding tert-OH is 1. The molecule has 0 spiro atoms. The number of pyridine rings is 1.